The smallest absolute Gasteiger partial charge is 0.417 e. The van der Waals surface area contributed by atoms with E-state index in [2.05, 4.69) is 25.1 Å². The first-order chi connectivity index (χ1) is 21.5. The molecule has 240 valence electrons. The molecule has 0 radical (unpaired) electrons. The third kappa shape index (κ3) is 4.48. The summed E-state index contributed by atoms with van der Waals surface area (Å²) in [5, 5.41) is 3.76. The first-order valence-corrected chi connectivity index (χ1v) is 15.2. The van der Waals surface area contributed by atoms with Gasteiger partial charge in [-0.1, -0.05) is 0 Å². The molecule has 4 fully saturated rings. The van der Waals surface area contributed by atoms with Crippen LogP contribution in [0.25, 0.3) is 22.2 Å². The zero-order chi connectivity index (χ0) is 31.4. The van der Waals surface area contributed by atoms with Gasteiger partial charge in [-0.2, -0.15) is 23.1 Å². The highest BCUT2D eigenvalue weighted by molar-refractivity contribution is 5.97. The molecule has 5 aliphatic rings. The number of hydrogen-bond donors (Lipinski definition) is 2. The van der Waals surface area contributed by atoms with E-state index in [4.69, 9.17) is 24.9 Å². The SMILES string of the molecule is Cc1c(F)c(N)cc(-c2nc3c4c(nc(OCC5CC6COCCN65)nc4c2F)N2C[C@H]4CC[C@H](N4)[C@H]2[C@H](C)O3)c1C(F)(F)F. The molecule has 1 aromatic carbocycles. The standard InChI is InChI=1S/C30H32F5N7O3/c1-12-21(30(33,34)35)17(8-18(36)22(12)31)24-23(32)25-20-27(40-29(39-25)44-11-16-7-15-10-43-6-5-41(15)16)42-9-14-3-4-19(37-14)26(42)13(2)45-28(20)38-24/h8,13-16,19,26,37H,3-7,9-11,36H2,1-2H3/t13-,14+,15?,16?,19-,26+/m0/s1. The largest absolute Gasteiger partial charge is 0.472 e. The summed E-state index contributed by atoms with van der Waals surface area (Å²) >= 11 is 0. The number of nitrogen functional groups attached to an aromatic ring is 1. The van der Waals surface area contributed by atoms with Crippen LogP contribution in [0.4, 0.5) is 33.5 Å². The fraction of sp³-hybridized carbons (Fsp3) is 0.567. The third-order valence-corrected chi connectivity index (χ3v) is 9.98. The average Bonchev–Trinajstić information content (AvgIpc) is 3.30. The molecule has 8 rings (SSSR count). The fourth-order valence-corrected chi connectivity index (χ4v) is 7.90. The van der Waals surface area contributed by atoms with E-state index >= 15 is 4.39 Å². The van der Waals surface area contributed by atoms with E-state index in [9.17, 15) is 17.6 Å². The Hall–Kier alpha value is -3.56. The Kier molecular flexibility index (Phi) is 6.56. The molecule has 4 saturated heterocycles. The zero-order valence-corrected chi connectivity index (χ0v) is 24.6. The Morgan fingerprint density at radius 1 is 1.16 bits per heavy atom. The summed E-state index contributed by atoms with van der Waals surface area (Å²) in [7, 11) is 0. The second-order valence-electron chi connectivity index (χ2n) is 12.6. The van der Waals surface area contributed by atoms with Gasteiger partial charge in [0.2, 0.25) is 5.88 Å². The van der Waals surface area contributed by atoms with Gasteiger partial charge in [-0.05, 0) is 44.7 Å². The molecule has 15 heteroatoms. The maximum Gasteiger partial charge on any atom is 0.417 e. The molecule has 0 spiro atoms. The molecule has 3 N–H and O–H groups in total. The molecule has 0 saturated carbocycles. The zero-order valence-electron chi connectivity index (χ0n) is 24.6. The third-order valence-electron chi connectivity index (χ3n) is 9.98. The number of rotatable bonds is 4. The summed E-state index contributed by atoms with van der Waals surface area (Å²) in [6.45, 7) is 5.69. The summed E-state index contributed by atoms with van der Waals surface area (Å²) < 4.78 is 92.4. The summed E-state index contributed by atoms with van der Waals surface area (Å²) in [5.41, 5.74) is 1.38. The van der Waals surface area contributed by atoms with Crippen molar-refractivity contribution in [1.29, 1.82) is 0 Å². The summed E-state index contributed by atoms with van der Waals surface area (Å²) in [4.78, 5) is 17.9. The van der Waals surface area contributed by atoms with Crippen molar-refractivity contribution >= 4 is 22.4 Å². The number of benzene rings is 1. The summed E-state index contributed by atoms with van der Waals surface area (Å²) in [5.74, 6) is -2.11. The minimum atomic E-state index is -5.03. The topological polar surface area (TPSA) is 111 Å². The van der Waals surface area contributed by atoms with Gasteiger partial charge in [0.05, 0.1) is 30.5 Å². The van der Waals surface area contributed by atoms with Crippen molar-refractivity contribution in [1.82, 2.24) is 25.2 Å². The van der Waals surface area contributed by atoms with E-state index < -0.39 is 52.0 Å². The highest BCUT2D eigenvalue weighted by Crippen LogP contribution is 2.47. The molecule has 2 bridgehead atoms. The van der Waals surface area contributed by atoms with Crippen LogP contribution in [0.2, 0.25) is 0 Å². The Morgan fingerprint density at radius 2 is 1.98 bits per heavy atom. The van der Waals surface area contributed by atoms with Crippen molar-refractivity contribution in [2.24, 2.45) is 0 Å². The number of hydrogen-bond acceptors (Lipinski definition) is 10. The molecule has 0 amide bonds. The van der Waals surface area contributed by atoms with Gasteiger partial charge in [0.1, 0.15) is 40.9 Å². The number of piperazine rings is 1. The van der Waals surface area contributed by atoms with Crippen LogP contribution >= 0.6 is 0 Å². The van der Waals surface area contributed by atoms with Crippen molar-refractivity contribution in [3.8, 4) is 23.1 Å². The first kappa shape index (κ1) is 28.9. The molecular formula is C30H32F5N7O3. The Labute approximate surface area is 255 Å². The van der Waals surface area contributed by atoms with Gasteiger partial charge in [0, 0.05) is 42.8 Å². The van der Waals surface area contributed by atoms with Gasteiger partial charge in [0.15, 0.2) is 5.82 Å². The highest BCUT2D eigenvalue weighted by Gasteiger charge is 2.48. The van der Waals surface area contributed by atoms with Crippen molar-refractivity contribution < 1.29 is 36.2 Å². The molecule has 2 aromatic heterocycles. The van der Waals surface area contributed by atoms with Crippen LogP contribution < -0.4 is 25.4 Å². The van der Waals surface area contributed by atoms with Crippen molar-refractivity contribution in [2.75, 3.05) is 43.5 Å². The lowest BCUT2D eigenvalue weighted by Crippen LogP contribution is -2.63. The molecule has 6 atom stereocenters. The minimum Gasteiger partial charge on any atom is -0.472 e. The number of pyridine rings is 1. The van der Waals surface area contributed by atoms with Crippen LogP contribution in [0.1, 0.15) is 37.3 Å². The quantitative estimate of drug-likeness (QED) is 0.325. The van der Waals surface area contributed by atoms with E-state index in [1.54, 1.807) is 0 Å². The van der Waals surface area contributed by atoms with Crippen LogP contribution in [0.5, 0.6) is 11.9 Å². The average molecular weight is 634 g/mol. The van der Waals surface area contributed by atoms with Crippen molar-refractivity contribution in [2.45, 2.75) is 75.6 Å². The lowest BCUT2D eigenvalue weighted by molar-refractivity contribution is -0.137. The number of ether oxygens (including phenoxy) is 3. The molecule has 3 aromatic rings. The second kappa shape index (κ2) is 10.2. The van der Waals surface area contributed by atoms with Crippen LogP contribution in [0.15, 0.2) is 6.07 Å². The fourth-order valence-electron chi connectivity index (χ4n) is 7.90. The molecule has 0 aliphatic carbocycles. The Balaban J connectivity index is 1.30. The number of anilines is 2. The Morgan fingerprint density at radius 3 is 2.76 bits per heavy atom. The number of nitrogens with one attached hydrogen (secondary N) is 1. The molecule has 2 unspecified atom stereocenters. The maximum absolute atomic E-state index is 16.7. The minimum absolute atomic E-state index is 0.0522. The Bertz CT molecular complexity index is 1710. The number of nitrogens with two attached hydrogens (primary N) is 1. The van der Waals surface area contributed by atoms with Gasteiger partial charge < -0.3 is 30.2 Å². The molecule has 7 heterocycles. The number of nitrogens with zero attached hydrogens (tertiary/aromatic N) is 5. The van der Waals surface area contributed by atoms with Crippen molar-refractivity contribution in [3.63, 3.8) is 0 Å². The van der Waals surface area contributed by atoms with E-state index in [0.717, 1.165) is 38.8 Å². The number of halogens is 5. The van der Waals surface area contributed by atoms with Gasteiger partial charge in [-0.3, -0.25) is 4.90 Å². The predicted octanol–water partition coefficient (Wildman–Crippen LogP) is 3.82. The van der Waals surface area contributed by atoms with Gasteiger partial charge in [-0.15, -0.1) is 0 Å². The highest BCUT2D eigenvalue weighted by atomic mass is 19.4. The monoisotopic (exact) mass is 633 g/mol. The van der Waals surface area contributed by atoms with E-state index in [1.807, 2.05) is 6.92 Å². The van der Waals surface area contributed by atoms with Crippen molar-refractivity contribution in [3.05, 3.63) is 28.8 Å². The van der Waals surface area contributed by atoms with Crippen LogP contribution in [0, 0.1) is 18.6 Å². The number of morpholine rings is 1. The number of alkyl halides is 3. The molecular weight excluding hydrogens is 601 g/mol. The second-order valence-corrected chi connectivity index (χ2v) is 12.6. The van der Waals surface area contributed by atoms with Gasteiger partial charge in [0.25, 0.3) is 0 Å². The molecule has 5 aliphatic heterocycles. The summed E-state index contributed by atoms with van der Waals surface area (Å²) in [6, 6.07) is 1.11. The predicted molar refractivity (Wildman–Crippen MR) is 153 cm³/mol. The molecule has 45 heavy (non-hydrogen) atoms. The number of fused-ring (bicyclic) bond motifs is 6. The lowest BCUT2D eigenvalue weighted by atomic mass is 9.93. The van der Waals surface area contributed by atoms with Crippen LogP contribution in [0.3, 0.4) is 0 Å². The van der Waals surface area contributed by atoms with Gasteiger partial charge in [-0.25, -0.2) is 13.8 Å². The maximum atomic E-state index is 16.7. The first-order valence-electron chi connectivity index (χ1n) is 15.2. The normalized spacial score (nSPS) is 29.1. The van der Waals surface area contributed by atoms with E-state index in [1.165, 1.54) is 0 Å². The van der Waals surface area contributed by atoms with Gasteiger partial charge >= 0.3 is 12.2 Å². The van der Waals surface area contributed by atoms with Crippen LogP contribution in [-0.2, 0) is 10.9 Å². The summed E-state index contributed by atoms with van der Waals surface area (Å²) in [6.07, 6.45) is -2.81. The van der Waals surface area contributed by atoms with E-state index in [-0.39, 0.29) is 53.6 Å². The van der Waals surface area contributed by atoms with E-state index in [0.29, 0.717) is 31.6 Å². The number of aromatic nitrogens is 3. The lowest BCUT2D eigenvalue weighted by Gasteiger charge is -2.50. The molecule has 10 nitrogen and oxygen atoms in total. The van der Waals surface area contributed by atoms with Crippen LogP contribution in [-0.4, -0.2) is 89.1 Å².